The summed E-state index contributed by atoms with van der Waals surface area (Å²) in [7, 11) is 3.45. The van der Waals surface area contributed by atoms with Gasteiger partial charge in [0, 0.05) is 0 Å². The van der Waals surface area contributed by atoms with Crippen molar-refractivity contribution in [3.05, 3.63) is 0 Å². The first-order valence-corrected chi connectivity index (χ1v) is 5.68. The summed E-state index contributed by atoms with van der Waals surface area (Å²) >= 11 is 3.33. The Labute approximate surface area is 86.6 Å². The number of halogens is 1. The van der Waals surface area contributed by atoms with Crippen LogP contribution in [0.1, 0.15) is 27.7 Å². The van der Waals surface area contributed by atoms with E-state index in [0.29, 0.717) is 5.33 Å². The van der Waals surface area contributed by atoms with Gasteiger partial charge in [-0.05, 0) is 27.7 Å². The Kier molecular flexibility index (Phi) is 5.65. The van der Waals surface area contributed by atoms with Gasteiger partial charge in [-0.3, -0.25) is 0 Å². The number of ether oxygens (including phenoxy) is 2. The van der Waals surface area contributed by atoms with Gasteiger partial charge in [0.2, 0.25) is 0 Å². The smallest absolute Gasteiger partial charge is 0.154 e. The number of alkyl halides is 1. The molecule has 12 heavy (non-hydrogen) atoms. The van der Waals surface area contributed by atoms with Crippen molar-refractivity contribution in [2.75, 3.05) is 5.33 Å². The van der Waals surface area contributed by atoms with Crippen molar-refractivity contribution in [2.24, 2.45) is 0 Å². The monoisotopic (exact) mass is 251 g/mol. The highest BCUT2D eigenvalue weighted by Crippen LogP contribution is 2.16. The molecule has 0 spiro atoms. The Hall–Kier alpha value is 0.617. The number of rotatable bonds is 5. The molecule has 0 unspecified atom stereocenters. The van der Waals surface area contributed by atoms with E-state index >= 15 is 0 Å². The van der Waals surface area contributed by atoms with Gasteiger partial charge in [-0.2, -0.15) is 0 Å². The molecule has 0 N–H and O–H groups in total. The van der Waals surface area contributed by atoms with Crippen LogP contribution in [0.2, 0.25) is 0 Å². The van der Waals surface area contributed by atoms with Gasteiger partial charge in [-0.1, -0.05) is 15.9 Å². The largest absolute Gasteiger partial charge is 0.351 e. The van der Waals surface area contributed by atoms with Crippen molar-refractivity contribution in [2.45, 2.75) is 45.3 Å². The Morgan fingerprint density at radius 1 is 1.17 bits per heavy atom. The molecule has 0 bridgehead atoms. The molecular formula is C8H16BrO2Si. The molecule has 0 aliphatic heterocycles. The molecule has 0 fully saturated rings. The van der Waals surface area contributed by atoms with Crippen LogP contribution in [0.4, 0.5) is 0 Å². The van der Waals surface area contributed by atoms with Gasteiger partial charge in [-0.25, -0.2) is 0 Å². The molecule has 71 valence electrons. The van der Waals surface area contributed by atoms with Crippen molar-refractivity contribution in [1.82, 2.24) is 0 Å². The Balaban J connectivity index is 4.04. The molecule has 0 heterocycles. The fourth-order valence-electron chi connectivity index (χ4n) is 0.852. The van der Waals surface area contributed by atoms with E-state index in [1.54, 1.807) is 0 Å². The van der Waals surface area contributed by atoms with Crippen LogP contribution in [-0.4, -0.2) is 33.2 Å². The molecule has 0 rings (SSSR count). The zero-order valence-electron chi connectivity index (χ0n) is 8.06. The van der Waals surface area contributed by atoms with E-state index in [-0.39, 0.29) is 12.2 Å². The van der Waals surface area contributed by atoms with E-state index in [1.165, 1.54) is 0 Å². The fraction of sp³-hybridized carbons (Fsp3) is 1.00. The third-order valence-electron chi connectivity index (χ3n) is 1.03. The second kappa shape index (κ2) is 5.37. The molecule has 0 amide bonds. The zero-order valence-corrected chi connectivity index (χ0v) is 10.6. The van der Waals surface area contributed by atoms with E-state index in [2.05, 4.69) is 26.2 Å². The number of hydrogen-bond acceptors (Lipinski definition) is 2. The van der Waals surface area contributed by atoms with Gasteiger partial charge in [0.05, 0.1) is 17.5 Å². The van der Waals surface area contributed by atoms with Crippen molar-refractivity contribution in [3.8, 4) is 0 Å². The molecule has 0 aliphatic carbocycles. The summed E-state index contributed by atoms with van der Waals surface area (Å²) in [5.74, 6) is 0. The minimum Gasteiger partial charge on any atom is -0.351 e. The van der Waals surface area contributed by atoms with Gasteiger partial charge in [0.1, 0.15) is 10.2 Å². The maximum absolute atomic E-state index is 5.54. The highest BCUT2D eigenvalue weighted by Gasteiger charge is 2.26. The zero-order chi connectivity index (χ0) is 9.78. The van der Waals surface area contributed by atoms with Crippen molar-refractivity contribution in [1.29, 1.82) is 0 Å². The van der Waals surface area contributed by atoms with E-state index in [1.807, 2.05) is 27.7 Å². The van der Waals surface area contributed by atoms with Crippen LogP contribution in [0.15, 0.2) is 0 Å². The van der Waals surface area contributed by atoms with E-state index in [0.717, 1.165) is 0 Å². The lowest BCUT2D eigenvalue weighted by Gasteiger charge is -2.32. The summed E-state index contributed by atoms with van der Waals surface area (Å²) in [6, 6.07) is 0. The molecule has 0 aliphatic rings. The molecule has 0 saturated heterocycles. The van der Waals surface area contributed by atoms with Crippen LogP contribution in [0.25, 0.3) is 0 Å². The third-order valence-corrected chi connectivity index (χ3v) is 2.70. The molecule has 0 aromatic rings. The maximum Gasteiger partial charge on any atom is 0.154 e. The minimum atomic E-state index is -0.692. The average Bonchev–Trinajstić information content (AvgIpc) is 1.83. The molecule has 0 aromatic heterocycles. The van der Waals surface area contributed by atoms with Crippen LogP contribution >= 0.6 is 15.9 Å². The van der Waals surface area contributed by atoms with E-state index in [9.17, 15) is 0 Å². The molecule has 0 aromatic carbocycles. The summed E-state index contributed by atoms with van der Waals surface area (Å²) in [5, 5.41) is 0.604. The summed E-state index contributed by atoms with van der Waals surface area (Å²) in [5.41, 5.74) is -0.692. The highest BCUT2D eigenvalue weighted by atomic mass is 79.9. The van der Waals surface area contributed by atoms with Crippen LogP contribution in [0.5, 0.6) is 0 Å². The predicted octanol–water partition coefficient (Wildman–Crippen LogP) is 2.05. The quantitative estimate of drug-likeness (QED) is 0.423. The molecule has 3 radical (unpaired) electrons. The molecule has 0 saturated carbocycles. The Morgan fingerprint density at radius 2 is 1.50 bits per heavy atom. The Morgan fingerprint density at radius 3 is 1.67 bits per heavy atom. The SMILES string of the molecule is CC(C)OC([Si])(CBr)OC(C)C. The highest BCUT2D eigenvalue weighted by molar-refractivity contribution is 9.09. The normalized spacial score (nSPS) is 13.0. The first-order valence-electron chi connectivity index (χ1n) is 4.06. The lowest BCUT2D eigenvalue weighted by atomic mass is 10.4. The van der Waals surface area contributed by atoms with Crippen molar-refractivity contribution < 1.29 is 9.47 Å². The molecule has 4 heteroatoms. The summed E-state index contributed by atoms with van der Waals surface area (Å²) < 4.78 is 11.1. The first-order chi connectivity index (χ1) is 5.39. The lowest BCUT2D eigenvalue weighted by Crippen LogP contribution is -2.42. The predicted molar refractivity (Wildman–Crippen MR) is 54.7 cm³/mol. The molecular weight excluding hydrogens is 236 g/mol. The van der Waals surface area contributed by atoms with Crippen molar-refractivity contribution >= 4 is 26.2 Å². The third kappa shape index (κ3) is 5.30. The van der Waals surface area contributed by atoms with Crippen LogP contribution in [0, 0.1) is 0 Å². The van der Waals surface area contributed by atoms with Gasteiger partial charge in [0.25, 0.3) is 0 Å². The van der Waals surface area contributed by atoms with Gasteiger partial charge < -0.3 is 9.47 Å². The van der Waals surface area contributed by atoms with E-state index in [4.69, 9.17) is 9.47 Å². The molecule has 0 atom stereocenters. The van der Waals surface area contributed by atoms with Gasteiger partial charge in [-0.15, -0.1) is 0 Å². The lowest BCUT2D eigenvalue weighted by molar-refractivity contribution is -0.199. The summed E-state index contributed by atoms with van der Waals surface area (Å²) in [6.45, 7) is 7.89. The van der Waals surface area contributed by atoms with Gasteiger partial charge in [0.15, 0.2) is 5.41 Å². The fourth-order valence-corrected chi connectivity index (χ4v) is 1.59. The van der Waals surface area contributed by atoms with Crippen LogP contribution in [0.3, 0.4) is 0 Å². The van der Waals surface area contributed by atoms with Crippen LogP contribution in [-0.2, 0) is 9.47 Å². The summed E-state index contributed by atoms with van der Waals surface area (Å²) in [4.78, 5) is 0. The van der Waals surface area contributed by atoms with E-state index < -0.39 is 5.41 Å². The minimum absolute atomic E-state index is 0.138. The Bertz CT molecular complexity index is 118. The summed E-state index contributed by atoms with van der Waals surface area (Å²) in [6.07, 6.45) is 0.276. The standard InChI is InChI=1S/C8H16BrO2Si/c1-6(2)10-8(12,5-9)11-7(3)4/h6-7H,5H2,1-4H3. The van der Waals surface area contributed by atoms with Gasteiger partial charge >= 0.3 is 0 Å². The average molecular weight is 252 g/mol. The topological polar surface area (TPSA) is 18.5 Å². The second-order valence-corrected chi connectivity index (χ2v) is 4.54. The van der Waals surface area contributed by atoms with Crippen molar-refractivity contribution in [3.63, 3.8) is 0 Å². The second-order valence-electron chi connectivity index (χ2n) is 3.22. The molecule has 2 nitrogen and oxygen atoms in total. The maximum atomic E-state index is 5.54. The number of hydrogen-bond donors (Lipinski definition) is 0. The van der Waals surface area contributed by atoms with Crippen LogP contribution < -0.4 is 0 Å². The first kappa shape index (κ1) is 12.6.